The topological polar surface area (TPSA) is 9.23 Å². The van der Waals surface area contributed by atoms with Crippen molar-refractivity contribution in [2.45, 2.75) is 58.0 Å². The third-order valence-corrected chi connectivity index (χ3v) is 3.99. The second kappa shape index (κ2) is 9.27. The Morgan fingerprint density at radius 2 is 1.58 bits per heavy atom. The van der Waals surface area contributed by atoms with Gasteiger partial charge in [0.05, 0.1) is 0 Å². The largest absolute Gasteiger partial charge is 0.420 e. The van der Waals surface area contributed by atoms with E-state index in [4.69, 9.17) is 4.43 Å². The molecule has 0 rings (SSSR count). The lowest BCUT2D eigenvalue weighted by Crippen LogP contribution is -2.08. The fraction of sp³-hybridized carbons (Fsp3) is 1.00. The zero-order valence-corrected chi connectivity index (χ0v) is 9.86. The molecule has 0 aromatic carbocycles. The molecule has 1 nitrogen and oxygen atoms in total. The van der Waals surface area contributed by atoms with Crippen LogP contribution in [0.1, 0.15) is 45.4 Å². The van der Waals surface area contributed by atoms with E-state index in [9.17, 15) is 0 Å². The summed E-state index contributed by atoms with van der Waals surface area (Å²) in [5.74, 6) is 0. The van der Waals surface area contributed by atoms with Crippen LogP contribution in [0.15, 0.2) is 0 Å². The summed E-state index contributed by atoms with van der Waals surface area (Å²) in [5, 5.41) is 0. The zero-order chi connectivity index (χ0) is 9.23. The SMILES string of the molecule is CCCCCCCC[Si](C)OC. The van der Waals surface area contributed by atoms with Crippen molar-refractivity contribution in [2.24, 2.45) is 0 Å². The highest BCUT2D eigenvalue weighted by Gasteiger charge is 2.01. The normalized spacial score (nSPS) is 11.0. The highest BCUT2D eigenvalue weighted by molar-refractivity contribution is 6.50. The van der Waals surface area contributed by atoms with Crippen LogP contribution >= 0.6 is 0 Å². The van der Waals surface area contributed by atoms with Crippen LogP contribution < -0.4 is 0 Å². The van der Waals surface area contributed by atoms with Crippen LogP contribution in [0, 0.1) is 0 Å². The van der Waals surface area contributed by atoms with Crippen molar-refractivity contribution >= 4 is 9.04 Å². The molecule has 12 heavy (non-hydrogen) atoms. The molecular formula is C10H23OSi. The maximum Gasteiger partial charge on any atom is 0.207 e. The van der Waals surface area contributed by atoms with Crippen LogP contribution in [0.4, 0.5) is 0 Å². The molecule has 0 heterocycles. The molecule has 0 aliphatic rings. The van der Waals surface area contributed by atoms with Gasteiger partial charge < -0.3 is 4.43 Å². The van der Waals surface area contributed by atoms with Crippen LogP contribution in [0.3, 0.4) is 0 Å². The van der Waals surface area contributed by atoms with E-state index in [-0.39, 0.29) is 0 Å². The van der Waals surface area contributed by atoms with Crippen molar-refractivity contribution in [3.8, 4) is 0 Å². The first kappa shape index (κ1) is 12.2. The Balaban J connectivity index is 2.90. The van der Waals surface area contributed by atoms with Crippen molar-refractivity contribution in [2.75, 3.05) is 7.11 Å². The first-order valence-electron chi connectivity index (χ1n) is 5.17. The first-order chi connectivity index (χ1) is 5.81. The van der Waals surface area contributed by atoms with E-state index >= 15 is 0 Å². The lowest BCUT2D eigenvalue weighted by atomic mass is 10.1. The number of hydrogen-bond acceptors (Lipinski definition) is 1. The molecule has 0 bridgehead atoms. The van der Waals surface area contributed by atoms with E-state index in [1.165, 1.54) is 44.6 Å². The number of rotatable bonds is 8. The van der Waals surface area contributed by atoms with Gasteiger partial charge in [-0.1, -0.05) is 45.4 Å². The van der Waals surface area contributed by atoms with E-state index in [1.54, 1.807) is 0 Å². The molecule has 0 saturated heterocycles. The Morgan fingerprint density at radius 1 is 1.00 bits per heavy atom. The van der Waals surface area contributed by atoms with Crippen molar-refractivity contribution in [1.82, 2.24) is 0 Å². The Morgan fingerprint density at radius 3 is 2.17 bits per heavy atom. The highest BCUT2D eigenvalue weighted by Crippen LogP contribution is 2.08. The van der Waals surface area contributed by atoms with Crippen molar-refractivity contribution in [3.63, 3.8) is 0 Å². The van der Waals surface area contributed by atoms with E-state index < -0.39 is 9.04 Å². The van der Waals surface area contributed by atoms with Gasteiger partial charge in [0.1, 0.15) is 0 Å². The van der Waals surface area contributed by atoms with Crippen LogP contribution in [-0.4, -0.2) is 16.2 Å². The third-order valence-electron chi connectivity index (χ3n) is 2.23. The molecule has 0 aromatic heterocycles. The average molecular weight is 187 g/mol. The molecular weight excluding hydrogens is 164 g/mol. The molecule has 0 saturated carbocycles. The average Bonchev–Trinajstić information content (AvgIpc) is 2.10. The van der Waals surface area contributed by atoms with E-state index in [0.717, 1.165) is 0 Å². The van der Waals surface area contributed by atoms with Crippen LogP contribution in [0.5, 0.6) is 0 Å². The van der Waals surface area contributed by atoms with E-state index in [0.29, 0.717) is 0 Å². The summed E-state index contributed by atoms with van der Waals surface area (Å²) >= 11 is 0. The minimum atomic E-state index is -0.421. The summed E-state index contributed by atoms with van der Waals surface area (Å²) in [6.07, 6.45) is 8.39. The molecule has 0 N–H and O–H groups in total. The van der Waals surface area contributed by atoms with Gasteiger partial charge in [0.2, 0.25) is 9.04 Å². The van der Waals surface area contributed by atoms with Crippen molar-refractivity contribution in [1.29, 1.82) is 0 Å². The van der Waals surface area contributed by atoms with Crippen LogP contribution in [-0.2, 0) is 4.43 Å². The number of hydrogen-bond donors (Lipinski definition) is 0. The molecule has 73 valence electrons. The monoisotopic (exact) mass is 187 g/mol. The standard InChI is InChI=1S/C10H23OSi/c1-4-5-6-7-8-9-10-12(3)11-2/h4-10H2,1-3H3. The summed E-state index contributed by atoms with van der Waals surface area (Å²) in [7, 11) is 1.42. The predicted molar refractivity (Wildman–Crippen MR) is 56.8 cm³/mol. The Kier molecular flexibility index (Phi) is 9.40. The van der Waals surface area contributed by atoms with E-state index in [2.05, 4.69) is 13.5 Å². The fourth-order valence-corrected chi connectivity index (χ4v) is 2.21. The summed E-state index contributed by atoms with van der Waals surface area (Å²) < 4.78 is 5.28. The van der Waals surface area contributed by atoms with Gasteiger partial charge in [-0.05, 0) is 12.6 Å². The van der Waals surface area contributed by atoms with Crippen LogP contribution in [0.2, 0.25) is 12.6 Å². The lowest BCUT2D eigenvalue weighted by Gasteiger charge is -2.05. The lowest BCUT2D eigenvalue weighted by molar-refractivity contribution is 0.421. The highest BCUT2D eigenvalue weighted by atomic mass is 28.3. The minimum Gasteiger partial charge on any atom is -0.420 e. The van der Waals surface area contributed by atoms with Gasteiger partial charge in [-0.3, -0.25) is 0 Å². The van der Waals surface area contributed by atoms with Gasteiger partial charge in [-0.15, -0.1) is 0 Å². The molecule has 0 atom stereocenters. The zero-order valence-electron chi connectivity index (χ0n) is 8.86. The minimum absolute atomic E-state index is 0.421. The second-order valence-electron chi connectivity index (χ2n) is 3.42. The summed E-state index contributed by atoms with van der Waals surface area (Å²) in [6.45, 7) is 4.51. The maximum absolute atomic E-state index is 5.28. The predicted octanol–water partition coefficient (Wildman–Crippen LogP) is 3.61. The molecule has 0 fully saturated rings. The molecule has 1 radical (unpaired) electrons. The molecule has 0 amide bonds. The van der Waals surface area contributed by atoms with Crippen LogP contribution in [0.25, 0.3) is 0 Å². The molecule has 2 heteroatoms. The number of unbranched alkanes of at least 4 members (excludes halogenated alkanes) is 5. The fourth-order valence-electron chi connectivity index (χ4n) is 1.26. The van der Waals surface area contributed by atoms with E-state index in [1.807, 2.05) is 7.11 Å². The van der Waals surface area contributed by atoms with Gasteiger partial charge in [0, 0.05) is 7.11 Å². The Labute approximate surface area is 79.2 Å². The smallest absolute Gasteiger partial charge is 0.207 e. The van der Waals surface area contributed by atoms with Crippen molar-refractivity contribution in [3.05, 3.63) is 0 Å². The first-order valence-corrected chi connectivity index (χ1v) is 7.29. The van der Waals surface area contributed by atoms with Gasteiger partial charge in [-0.2, -0.15) is 0 Å². The molecule has 0 aliphatic carbocycles. The molecule has 0 aliphatic heterocycles. The Bertz CT molecular complexity index is 85.9. The van der Waals surface area contributed by atoms with Gasteiger partial charge in [0.15, 0.2) is 0 Å². The maximum atomic E-state index is 5.28. The quantitative estimate of drug-likeness (QED) is 0.416. The summed E-state index contributed by atoms with van der Waals surface area (Å²) in [5.41, 5.74) is 0. The van der Waals surface area contributed by atoms with Gasteiger partial charge in [0.25, 0.3) is 0 Å². The van der Waals surface area contributed by atoms with Crippen molar-refractivity contribution < 1.29 is 4.43 Å². The molecule has 0 unspecified atom stereocenters. The third kappa shape index (κ3) is 8.28. The van der Waals surface area contributed by atoms with Gasteiger partial charge in [-0.25, -0.2) is 0 Å². The summed E-state index contributed by atoms with van der Waals surface area (Å²) in [4.78, 5) is 0. The second-order valence-corrected chi connectivity index (χ2v) is 5.74. The molecule has 0 aromatic rings. The summed E-state index contributed by atoms with van der Waals surface area (Å²) in [6, 6.07) is 1.33. The molecule has 0 spiro atoms. The van der Waals surface area contributed by atoms with Gasteiger partial charge >= 0.3 is 0 Å². The Hall–Kier alpha value is 0.177.